The first-order valence-electron chi connectivity index (χ1n) is 4.62. The van der Waals surface area contributed by atoms with Gasteiger partial charge in [0.2, 0.25) is 0 Å². The van der Waals surface area contributed by atoms with Crippen LogP contribution in [0.3, 0.4) is 0 Å². The van der Waals surface area contributed by atoms with E-state index < -0.39 is 24.6 Å². The molecule has 0 bridgehead atoms. The van der Waals surface area contributed by atoms with Gasteiger partial charge in [-0.25, -0.2) is 0 Å². The third kappa shape index (κ3) is 3.10. The molecule has 1 aromatic rings. The molecule has 8 heteroatoms. The third-order valence-corrected chi connectivity index (χ3v) is 2.41. The lowest BCUT2D eigenvalue weighted by Gasteiger charge is -2.18. The molecule has 0 fully saturated rings. The van der Waals surface area contributed by atoms with Crippen LogP contribution in [0.25, 0.3) is 0 Å². The van der Waals surface area contributed by atoms with Gasteiger partial charge in [-0.3, -0.25) is 4.79 Å². The summed E-state index contributed by atoms with van der Waals surface area (Å²) >= 11 is 5.65. The molecule has 0 spiro atoms. The van der Waals surface area contributed by atoms with E-state index in [-0.39, 0.29) is 10.6 Å². The number of hydrogen-bond donors (Lipinski definition) is 1. The highest BCUT2D eigenvalue weighted by molar-refractivity contribution is 6.31. The van der Waals surface area contributed by atoms with Crippen molar-refractivity contribution in [2.45, 2.75) is 18.6 Å². The van der Waals surface area contributed by atoms with Crippen molar-refractivity contribution < 1.29 is 26.7 Å². The number of alkyl halides is 5. The first kappa shape index (κ1) is 14.7. The topological polar surface area (TPSA) is 29.1 Å². The van der Waals surface area contributed by atoms with Gasteiger partial charge in [-0.1, -0.05) is 29.8 Å². The quantitative estimate of drug-likeness (QED) is 0.850. The van der Waals surface area contributed by atoms with Gasteiger partial charge in [-0.2, -0.15) is 22.0 Å². The Bertz CT molecular complexity index is 446. The van der Waals surface area contributed by atoms with E-state index >= 15 is 0 Å². The molecule has 1 aromatic carbocycles. The fraction of sp³-hybridized carbons (Fsp3) is 0.300. The van der Waals surface area contributed by atoms with E-state index in [1.54, 1.807) is 6.07 Å². The summed E-state index contributed by atoms with van der Waals surface area (Å²) in [7, 11) is 0. The minimum atomic E-state index is -5.92. The van der Waals surface area contributed by atoms with Gasteiger partial charge in [0.25, 0.3) is 0 Å². The molecule has 100 valence electrons. The molecule has 0 radical (unpaired) electrons. The van der Waals surface area contributed by atoms with E-state index in [2.05, 4.69) is 0 Å². The summed E-state index contributed by atoms with van der Waals surface area (Å²) < 4.78 is 60.7. The predicted molar refractivity (Wildman–Crippen MR) is 54.3 cm³/mol. The minimum absolute atomic E-state index is 0.160. The van der Waals surface area contributed by atoms with E-state index in [4.69, 9.17) is 11.6 Å². The summed E-state index contributed by atoms with van der Waals surface area (Å²) in [6.45, 7) is -0.510. The van der Waals surface area contributed by atoms with Crippen LogP contribution in [0.5, 0.6) is 0 Å². The van der Waals surface area contributed by atoms with Crippen LogP contribution in [-0.4, -0.2) is 18.0 Å². The first-order chi connectivity index (χ1) is 8.16. The lowest BCUT2D eigenvalue weighted by atomic mass is 10.2. The molecular weight excluding hydrogens is 281 g/mol. The smallest absolute Gasteiger partial charge is 0.346 e. The largest absolute Gasteiger partial charge is 0.463 e. The third-order valence-electron chi connectivity index (χ3n) is 2.04. The molecule has 0 aliphatic carbocycles. The molecule has 0 unspecified atom stereocenters. The average Bonchev–Trinajstić information content (AvgIpc) is 2.26. The van der Waals surface area contributed by atoms with Crippen molar-refractivity contribution in [1.82, 2.24) is 5.32 Å². The van der Waals surface area contributed by atoms with Crippen molar-refractivity contribution in [3.05, 3.63) is 34.9 Å². The van der Waals surface area contributed by atoms with Gasteiger partial charge < -0.3 is 5.32 Å². The van der Waals surface area contributed by atoms with Gasteiger partial charge in [0.15, 0.2) is 0 Å². The maximum absolute atomic E-state index is 12.6. The minimum Gasteiger partial charge on any atom is -0.346 e. The lowest BCUT2D eigenvalue weighted by Crippen LogP contribution is -2.50. The van der Waals surface area contributed by atoms with E-state index in [1.807, 2.05) is 0 Å². The standard InChI is InChI=1S/C10H7ClF5NO/c11-7-4-2-1-3-6(7)5-17-8(18)9(12,13)10(14,15)16/h1-4H,5H2,(H,17,18). The maximum atomic E-state index is 12.6. The Morgan fingerprint density at radius 3 is 2.22 bits per heavy atom. The molecule has 0 aliphatic rings. The second-order valence-electron chi connectivity index (χ2n) is 3.35. The van der Waals surface area contributed by atoms with Crippen molar-refractivity contribution >= 4 is 17.5 Å². The fourth-order valence-corrected chi connectivity index (χ4v) is 1.26. The second kappa shape index (κ2) is 5.09. The SMILES string of the molecule is O=C(NCc1ccccc1Cl)C(F)(F)C(F)(F)F. The molecule has 0 aromatic heterocycles. The molecule has 0 saturated carbocycles. The van der Waals surface area contributed by atoms with Gasteiger partial charge in [-0.15, -0.1) is 0 Å². The monoisotopic (exact) mass is 287 g/mol. The summed E-state index contributed by atoms with van der Waals surface area (Å²) in [6.07, 6.45) is -5.92. The zero-order chi connectivity index (χ0) is 14.0. The molecule has 1 amide bonds. The molecule has 18 heavy (non-hydrogen) atoms. The Balaban J connectivity index is 2.71. The van der Waals surface area contributed by atoms with Gasteiger partial charge in [0.05, 0.1) is 0 Å². The Kier molecular flexibility index (Phi) is 4.16. The number of halogens is 6. The molecule has 1 rings (SSSR count). The number of rotatable bonds is 3. The highest BCUT2D eigenvalue weighted by Gasteiger charge is 2.63. The summed E-state index contributed by atoms with van der Waals surface area (Å²) in [5.74, 6) is -7.83. The van der Waals surface area contributed by atoms with Crippen molar-refractivity contribution in [3.8, 4) is 0 Å². The Morgan fingerprint density at radius 2 is 1.72 bits per heavy atom. The van der Waals surface area contributed by atoms with Gasteiger partial charge in [-0.05, 0) is 11.6 Å². The van der Waals surface area contributed by atoms with E-state index in [1.165, 1.54) is 23.5 Å². The van der Waals surface area contributed by atoms with Crippen LogP contribution in [0, 0.1) is 0 Å². The zero-order valence-electron chi connectivity index (χ0n) is 8.69. The molecule has 0 saturated heterocycles. The summed E-state index contributed by atoms with van der Waals surface area (Å²) in [4.78, 5) is 10.8. The average molecular weight is 288 g/mol. The lowest BCUT2D eigenvalue weighted by molar-refractivity contribution is -0.269. The molecule has 2 nitrogen and oxygen atoms in total. The molecule has 0 atom stereocenters. The van der Waals surface area contributed by atoms with Gasteiger partial charge >= 0.3 is 18.0 Å². The Morgan fingerprint density at radius 1 is 1.17 bits per heavy atom. The highest BCUT2D eigenvalue weighted by atomic mass is 35.5. The highest BCUT2D eigenvalue weighted by Crippen LogP contribution is 2.35. The second-order valence-corrected chi connectivity index (χ2v) is 3.75. The van der Waals surface area contributed by atoms with Crippen LogP contribution in [0.4, 0.5) is 22.0 Å². The summed E-state index contributed by atoms with van der Waals surface area (Å²) in [5, 5.41) is 1.65. The Labute approximate surface area is 104 Å². The number of benzene rings is 1. The predicted octanol–water partition coefficient (Wildman–Crippen LogP) is 3.15. The molecule has 1 N–H and O–H groups in total. The Hall–Kier alpha value is -1.37. The van der Waals surface area contributed by atoms with Crippen molar-refractivity contribution in [1.29, 1.82) is 0 Å². The summed E-state index contributed by atoms with van der Waals surface area (Å²) in [5.41, 5.74) is 0.241. The molecule has 0 aliphatic heterocycles. The van der Waals surface area contributed by atoms with E-state index in [9.17, 15) is 26.7 Å². The van der Waals surface area contributed by atoms with Crippen LogP contribution in [0.15, 0.2) is 24.3 Å². The summed E-state index contributed by atoms with van der Waals surface area (Å²) in [6, 6.07) is 5.88. The van der Waals surface area contributed by atoms with Crippen LogP contribution in [-0.2, 0) is 11.3 Å². The molecule has 0 heterocycles. The normalized spacial score (nSPS) is 12.3. The maximum Gasteiger partial charge on any atom is 0.463 e. The van der Waals surface area contributed by atoms with Crippen molar-refractivity contribution in [2.75, 3.05) is 0 Å². The fourth-order valence-electron chi connectivity index (χ4n) is 1.06. The van der Waals surface area contributed by atoms with E-state index in [0.29, 0.717) is 0 Å². The zero-order valence-corrected chi connectivity index (χ0v) is 9.45. The van der Waals surface area contributed by atoms with Crippen LogP contribution < -0.4 is 5.32 Å². The van der Waals surface area contributed by atoms with Gasteiger partial charge in [0, 0.05) is 11.6 Å². The number of carbonyl (C=O) groups is 1. The number of carbonyl (C=O) groups excluding carboxylic acids is 1. The number of amides is 1. The number of hydrogen-bond acceptors (Lipinski definition) is 1. The van der Waals surface area contributed by atoms with Crippen LogP contribution in [0.1, 0.15) is 5.56 Å². The molecular formula is C10H7ClF5NO. The van der Waals surface area contributed by atoms with Crippen molar-refractivity contribution in [2.24, 2.45) is 0 Å². The van der Waals surface area contributed by atoms with Crippen molar-refractivity contribution in [3.63, 3.8) is 0 Å². The first-order valence-corrected chi connectivity index (χ1v) is 5.00. The van der Waals surface area contributed by atoms with E-state index in [0.717, 1.165) is 0 Å². The van der Waals surface area contributed by atoms with Gasteiger partial charge in [0.1, 0.15) is 0 Å². The van der Waals surface area contributed by atoms with Crippen LogP contribution in [0.2, 0.25) is 5.02 Å². The number of nitrogens with one attached hydrogen (secondary N) is 1. The van der Waals surface area contributed by atoms with Crippen LogP contribution >= 0.6 is 11.6 Å².